The number of hydrogen-bond acceptors (Lipinski definition) is 8. The van der Waals surface area contributed by atoms with Gasteiger partial charge in [-0.1, -0.05) is 146 Å². The van der Waals surface area contributed by atoms with Gasteiger partial charge in [0.15, 0.2) is 11.8 Å². The molecular weight excluding hydrogens is 982 g/mol. The van der Waals surface area contributed by atoms with Crippen LogP contribution in [0, 0.1) is 20.5 Å². The van der Waals surface area contributed by atoms with Crippen molar-refractivity contribution in [3.05, 3.63) is 243 Å². The van der Waals surface area contributed by atoms with Crippen molar-refractivity contribution in [1.82, 2.24) is 0 Å². The molecule has 8 rings (SSSR count). The first kappa shape index (κ1) is 53.8. The van der Waals surface area contributed by atoms with E-state index in [1.54, 1.807) is 0 Å². The van der Waals surface area contributed by atoms with Gasteiger partial charge in [0, 0.05) is 0 Å². The summed E-state index contributed by atoms with van der Waals surface area (Å²) in [7, 11) is -13.3. The second-order valence-electron chi connectivity index (χ2n) is 14.0. The minimum Gasteiger partial charge on any atom is -0.222 e. The van der Waals surface area contributed by atoms with Crippen molar-refractivity contribution in [2.45, 2.75) is 0 Å². The summed E-state index contributed by atoms with van der Waals surface area (Å²) in [5.74, 6) is 2.49. The van der Waals surface area contributed by atoms with Gasteiger partial charge in [-0.3, -0.25) is 0 Å². The first-order valence-corrected chi connectivity index (χ1v) is 29.2. The predicted octanol–water partition coefficient (Wildman–Crippen LogP) is -0.166. The van der Waals surface area contributed by atoms with Crippen LogP contribution in [0.25, 0.3) is 0 Å². The van der Waals surface area contributed by atoms with Crippen LogP contribution in [0.2, 0.25) is 0 Å². The van der Waals surface area contributed by atoms with Crippen LogP contribution in [0.5, 0.6) is 0 Å². The van der Waals surface area contributed by atoms with E-state index >= 15 is 0 Å². The number of halogens is 2. The van der Waals surface area contributed by atoms with E-state index < -0.39 is 52.2 Å². The van der Waals surface area contributed by atoms with Gasteiger partial charge in [0.05, 0.1) is 0 Å². The van der Waals surface area contributed by atoms with E-state index in [1.165, 1.54) is 54.2 Å². The third kappa shape index (κ3) is 20.3. The molecule has 0 radical (unpaired) electrons. The SMILES string of the molecule is [Ni+2].[O-][Cl+3]([O-])([O-])[O-].[O-][Cl+3]([O-])([O-])[O-].c1ccc([PH+](C[PH+](c2ccccc2)c2ccccc2)c2ccccc2)cc1.c1ccc([PH+](C[PH+](c2ccccc2)c2ccccc2)c2ccccc2)cc1. The average molecular weight is 1030 g/mol. The summed E-state index contributed by atoms with van der Waals surface area (Å²) in [6, 6.07) is 88.9. The first-order chi connectivity index (χ1) is 30.8. The Bertz CT molecular complexity index is 1950. The van der Waals surface area contributed by atoms with Crippen LogP contribution in [-0.4, -0.2) is 11.8 Å². The fraction of sp³-hybridized carbons (Fsp3) is 0.0400. The molecule has 0 bridgehead atoms. The molecule has 0 aliphatic rings. The zero-order chi connectivity index (χ0) is 45.6. The molecule has 0 saturated heterocycles. The van der Waals surface area contributed by atoms with Crippen molar-refractivity contribution < 1.29 is 74.2 Å². The Balaban J connectivity index is 0.000000233. The van der Waals surface area contributed by atoms with E-state index in [-0.39, 0.29) is 16.5 Å². The van der Waals surface area contributed by atoms with Crippen LogP contribution in [0.4, 0.5) is 0 Å². The maximum absolute atomic E-state index is 8.49. The Morgan fingerprint density at radius 2 is 0.308 bits per heavy atom. The largest absolute Gasteiger partial charge is 2.00 e. The zero-order valence-electron chi connectivity index (χ0n) is 34.8. The first-order valence-electron chi connectivity index (χ1n) is 19.9. The van der Waals surface area contributed by atoms with Gasteiger partial charge in [-0.2, -0.15) is 0 Å². The summed E-state index contributed by atoms with van der Waals surface area (Å²) in [6.07, 6.45) is 0. The fourth-order valence-electron chi connectivity index (χ4n) is 6.95. The molecule has 0 atom stereocenters. The quantitative estimate of drug-likeness (QED) is 0.119. The zero-order valence-corrected chi connectivity index (χ0v) is 41.3. The molecular formula is C50H48Cl2NiO8P4+4. The molecule has 0 aliphatic carbocycles. The van der Waals surface area contributed by atoms with Crippen LogP contribution in [0.15, 0.2) is 243 Å². The molecule has 0 heterocycles. The van der Waals surface area contributed by atoms with Gasteiger partial charge in [-0.05, 0) is 97.1 Å². The van der Waals surface area contributed by atoms with E-state index in [2.05, 4.69) is 243 Å². The molecule has 8 aromatic rings. The molecule has 0 spiro atoms. The van der Waals surface area contributed by atoms with E-state index in [1.807, 2.05) is 0 Å². The molecule has 8 aromatic carbocycles. The van der Waals surface area contributed by atoms with Crippen molar-refractivity contribution in [2.24, 2.45) is 0 Å². The molecule has 0 saturated carbocycles. The van der Waals surface area contributed by atoms with E-state index in [4.69, 9.17) is 37.3 Å². The minimum absolute atomic E-state index is 0. The normalized spacial score (nSPS) is 11.0. The summed E-state index contributed by atoms with van der Waals surface area (Å²) in [4.78, 5) is 0. The standard InChI is InChI=1S/2C25H22P2.2ClHO4.Ni/c2*1-5-13-22(14-6-1)26(23-15-7-2-8-16-23)21-27(24-17-9-3-10-18-24)25-19-11-4-12-20-25;2*2-1(3,4)5;/h2*1-20H,21H2;2*(H,2,3,4,5);/q;;;;+2/p+2. The van der Waals surface area contributed by atoms with E-state index in [9.17, 15) is 0 Å². The third-order valence-electron chi connectivity index (χ3n) is 9.69. The van der Waals surface area contributed by atoms with Gasteiger partial charge in [0.25, 0.3) is 0 Å². The Kier molecular flexibility index (Phi) is 23.5. The van der Waals surface area contributed by atoms with E-state index in [0.717, 1.165) is 0 Å². The average Bonchev–Trinajstić information content (AvgIpc) is 3.31. The Morgan fingerprint density at radius 1 is 0.215 bits per heavy atom. The maximum atomic E-state index is 8.49. The number of hydrogen-bond donors (Lipinski definition) is 0. The van der Waals surface area contributed by atoms with Gasteiger partial charge in [0.2, 0.25) is 0 Å². The minimum atomic E-state index is -4.94. The van der Waals surface area contributed by atoms with E-state index in [0.29, 0.717) is 0 Å². The molecule has 0 unspecified atom stereocenters. The smallest absolute Gasteiger partial charge is 0.222 e. The van der Waals surface area contributed by atoms with Crippen molar-refractivity contribution in [1.29, 1.82) is 0 Å². The van der Waals surface area contributed by atoms with Crippen LogP contribution in [-0.2, 0) is 16.5 Å². The molecule has 0 aromatic heterocycles. The molecule has 336 valence electrons. The maximum Gasteiger partial charge on any atom is 2.00 e. The summed E-state index contributed by atoms with van der Waals surface area (Å²) in [5.41, 5.74) is 0. The van der Waals surface area contributed by atoms with Crippen LogP contribution < -0.4 is 79.7 Å². The Labute approximate surface area is 400 Å². The van der Waals surface area contributed by atoms with Gasteiger partial charge in [-0.25, -0.2) is 37.3 Å². The van der Waals surface area contributed by atoms with Crippen LogP contribution in [0.1, 0.15) is 0 Å². The molecule has 0 amide bonds. The molecule has 15 heteroatoms. The summed E-state index contributed by atoms with van der Waals surface area (Å²) in [5, 5.41) is 12.0. The van der Waals surface area contributed by atoms with Gasteiger partial charge < -0.3 is 0 Å². The number of rotatable bonds is 12. The fourth-order valence-corrected chi connectivity index (χ4v) is 22.4. The van der Waals surface area contributed by atoms with Crippen molar-refractivity contribution in [2.75, 3.05) is 11.8 Å². The van der Waals surface area contributed by atoms with Gasteiger partial charge in [0.1, 0.15) is 74.1 Å². The van der Waals surface area contributed by atoms with Gasteiger partial charge >= 0.3 is 16.5 Å². The summed E-state index contributed by atoms with van der Waals surface area (Å²) >= 11 is 0. The monoisotopic (exact) mass is 1030 g/mol. The molecule has 0 N–H and O–H groups in total. The van der Waals surface area contributed by atoms with Crippen molar-refractivity contribution in [3.8, 4) is 0 Å². The topological polar surface area (TPSA) is 184 Å². The second kappa shape index (κ2) is 28.4. The summed E-state index contributed by atoms with van der Waals surface area (Å²) in [6.45, 7) is 0. The third-order valence-corrected chi connectivity index (χ3v) is 23.6. The molecule has 8 nitrogen and oxygen atoms in total. The van der Waals surface area contributed by atoms with Crippen molar-refractivity contribution >= 4 is 74.1 Å². The molecule has 65 heavy (non-hydrogen) atoms. The molecule has 0 fully saturated rings. The Morgan fingerprint density at radius 3 is 0.400 bits per heavy atom. The van der Waals surface area contributed by atoms with Crippen LogP contribution in [0.3, 0.4) is 0 Å². The number of benzene rings is 8. The van der Waals surface area contributed by atoms with Crippen molar-refractivity contribution in [3.63, 3.8) is 0 Å². The summed E-state index contributed by atoms with van der Waals surface area (Å²) < 4.78 is 67.9. The predicted molar refractivity (Wildman–Crippen MR) is 252 cm³/mol. The second-order valence-corrected chi connectivity index (χ2v) is 26.7. The Hall–Kier alpha value is -3.77. The van der Waals surface area contributed by atoms with Crippen LogP contribution >= 0.6 is 31.7 Å². The van der Waals surface area contributed by atoms with Gasteiger partial charge in [-0.15, -0.1) is 20.5 Å². The molecule has 0 aliphatic heterocycles.